The highest BCUT2D eigenvalue weighted by Gasteiger charge is 2.28. The van der Waals surface area contributed by atoms with E-state index < -0.39 is 0 Å². The number of piperazine rings is 1. The Morgan fingerprint density at radius 1 is 1.27 bits per heavy atom. The van der Waals surface area contributed by atoms with E-state index in [2.05, 4.69) is 25.3 Å². The summed E-state index contributed by atoms with van der Waals surface area (Å²) in [5.74, 6) is 0.0800. The number of nitrogens with zero attached hydrogens (tertiary/aromatic N) is 5. The van der Waals surface area contributed by atoms with Crippen molar-refractivity contribution in [1.29, 1.82) is 0 Å². The summed E-state index contributed by atoms with van der Waals surface area (Å²) in [4.78, 5) is 31.9. The minimum absolute atomic E-state index is 0.00282. The van der Waals surface area contributed by atoms with E-state index in [1.807, 2.05) is 28.6 Å². The van der Waals surface area contributed by atoms with Gasteiger partial charge in [-0.05, 0) is 11.6 Å². The second-order valence-corrected chi connectivity index (χ2v) is 6.86. The lowest BCUT2D eigenvalue weighted by Crippen LogP contribution is -2.49. The van der Waals surface area contributed by atoms with Crippen molar-refractivity contribution in [3.05, 3.63) is 59.8 Å². The minimum Gasteiger partial charge on any atom is -0.333 e. The number of pyridine rings is 1. The molecule has 26 heavy (non-hydrogen) atoms. The summed E-state index contributed by atoms with van der Waals surface area (Å²) in [5, 5.41) is 6.06. The van der Waals surface area contributed by atoms with Crippen LogP contribution in [-0.4, -0.2) is 50.4 Å². The molecule has 0 radical (unpaired) electrons. The van der Waals surface area contributed by atoms with Crippen molar-refractivity contribution < 1.29 is 4.79 Å². The normalized spacial score (nSPS) is 17.2. The third-order valence-corrected chi connectivity index (χ3v) is 5.21. The Hall–Kier alpha value is -2.71. The van der Waals surface area contributed by atoms with Crippen LogP contribution in [0.2, 0.25) is 0 Å². The zero-order valence-electron chi connectivity index (χ0n) is 14.1. The van der Waals surface area contributed by atoms with E-state index in [1.54, 1.807) is 24.8 Å². The number of amides is 1. The van der Waals surface area contributed by atoms with Gasteiger partial charge in [-0.25, -0.2) is 4.98 Å². The van der Waals surface area contributed by atoms with E-state index in [0.717, 1.165) is 35.0 Å². The largest absolute Gasteiger partial charge is 0.333 e. The number of aromatic nitrogens is 4. The molecule has 1 aliphatic rings. The summed E-state index contributed by atoms with van der Waals surface area (Å²) in [7, 11) is 0. The molecule has 1 aliphatic heterocycles. The molecule has 0 spiro atoms. The van der Waals surface area contributed by atoms with E-state index >= 15 is 0 Å². The van der Waals surface area contributed by atoms with Gasteiger partial charge in [0.2, 0.25) is 5.91 Å². The first-order valence-corrected chi connectivity index (χ1v) is 9.30. The first-order valence-electron chi connectivity index (χ1n) is 8.42. The maximum absolute atomic E-state index is 12.9. The van der Waals surface area contributed by atoms with Crippen molar-refractivity contribution >= 4 is 17.2 Å². The summed E-state index contributed by atoms with van der Waals surface area (Å²) in [6.45, 7) is 2.21. The summed E-state index contributed by atoms with van der Waals surface area (Å²) in [5.41, 5.74) is 2.54. The molecule has 4 rings (SSSR count). The number of hydrogen-bond acceptors (Lipinski definition) is 7. The molecule has 1 N–H and O–H groups in total. The van der Waals surface area contributed by atoms with Gasteiger partial charge in [-0.1, -0.05) is 6.07 Å². The number of carbonyl (C=O) groups is 1. The molecule has 132 valence electrons. The lowest BCUT2D eigenvalue weighted by atomic mass is 10.0. The smallest absolute Gasteiger partial charge is 0.229 e. The Kier molecular flexibility index (Phi) is 4.94. The van der Waals surface area contributed by atoms with Gasteiger partial charge in [-0.3, -0.25) is 19.7 Å². The molecular formula is C18H18N6OS. The number of carbonyl (C=O) groups excluding carboxylic acids is 1. The third-order valence-electron chi connectivity index (χ3n) is 4.30. The SMILES string of the molecule is O=C(Cc1csc(-c2cnccn2)n1)N1CCNCC1c1cccnc1. The standard InChI is InChI=1S/C18H18N6OS/c25-17(8-14-12-26-18(23-14)15-10-20-4-5-22-15)24-7-6-21-11-16(24)13-2-1-3-19-9-13/h1-5,9-10,12,16,21H,6-8,11H2. The molecule has 3 aromatic rings. The number of thiazole rings is 1. The maximum Gasteiger partial charge on any atom is 0.229 e. The molecule has 1 fully saturated rings. The lowest BCUT2D eigenvalue weighted by Gasteiger charge is -2.36. The molecular weight excluding hydrogens is 348 g/mol. The van der Waals surface area contributed by atoms with Gasteiger partial charge in [0.15, 0.2) is 0 Å². The van der Waals surface area contributed by atoms with Crippen molar-refractivity contribution in [3.63, 3.8) is 0 Å². The van der Waals surface area contributed by atoms with Gasteiger partial charge < -0.3 is 10.2 Å². The van der Waals surface area contributed by atoms with E-state index in [-0.39, 0.29) is 18.4 Å². The number of hydrogen-bond donors (Lipinski definition) is 1. The zero-order valence-corrected chi connectivity index (χ0v) is 14.9. The van der Waals surface area contributed by atoms with Crippen LogP contribution in [0, 0.1) is 0 Å². The lowest BCUT2D eigenvalue weighted by molar-refractivity contribution is -0.133. The molecule has 0 saturated carbocycles. The zero-order chi connectivity index (χ0) is 17.8. The second kappa shape index (κ2) is 7.67. The fraction of sp³-hybridized carbons (Fsp3) is 0.278. The molecule has 0 aromatic carbocycles. The fourth-order valence-electron chi connectivity index (χ4n) is 3.05. The van der Waals surface area contributed by atoms with Crippen molar-refractivity contribution in [3.8, 4) is 10.7 Å². The van der Waals surface area contributed by atoms with Crippen LogP contribution in [0.1, 0.15) is 17.3 Å². The van der Waals surface area contributed by atoms with Gasteiger partial charge in [0.25, 0.3) is 0 Å². The van der Waals surface area contributed by atoms with Gasteiger partial charge in [0, 0.05) is 49.8 Å². The molecule has 3 aromatic heterocycles. The quantitative estimate of drug-likeness (QED) is 0.757. The van der Waals surface area contributed by atoms with Crippen molar-refractivity contribution in [2.24, 2.45) is 0 Å². The number of nitrogens with one attached hydrogen (secondary N) is 1. The average molecular weight is 366 g/mol. The second-order valence-electron chi connectivity index (χ2n) is 6.00. The van der Waals surface area contributed by atoms with E-state index in [9.17, 15) is 4.79 Å². The topological polar surface area (TPSA) is 83.9 Å². The first-order chi connectivity index (χ1) is 12.8. The minimum atomic E-state index is 0.00282. The fourth-order valence-corrected chi connectivity index (χ4v) is 3.83. The Morgan fingerprint density at radius 3 is 3.00 bits per heavy atom. The molecule has 1 unspecified atom stereocenters. The predicted molar refractivity (Wildman–Crippen MR) is 98.4 cm³/mol. The van der Waals surface area contributed by atoms with Gasteiger partial charge in [-0.15, -0.1) is 11.3 Å². The van der Waals surface area contributed by atoms with Gasteiger partial charge in [0.1, 0.15) is 10.7 Å². The van der Waals surface area contributed by atoms with E-state index in [4.69, 9.17) is 0 Å². The Labute approximate surface area is 155 Å². The summed E-state index contributed by atoms with van der Waals surface area (Å²) in [6, 6.07) is 3.92. The van der Waals surface area contributed by atoms with Crippen LogP contribution in [0.5, 0.6) is 0 Å². The predicted octanol–water partition coefficient (Wildman–Crippen LogP) is 1.71. The highest BCUT2D eigenvalue weighted by molar-refractivity contribution is 7.13. The molecule has 1 amide bonds. The molecule has 7 nitrogen and oxygen atoms in total. The molecule has 1 saturated heterocycles. The highest BCUT2D eigenvalue weighted by atomic mass is 32.1. The molecule has 4 heterocycles. The van der Waals surface area contributed by atoms with Crippen LogP contribution in [0.25, 0.3) is 10.7 Å². The number of rotatable bonds is 4. The van der Waals surface area contributed by atoms with Crippen molar-refractivity contribution in [1.82, 2.24) is 30.2 Å². The first kappa shape index (κ1) is 16.7. The van der Waals surface area contributed by atoms with Crippen molar-refractivity contribution in [2.45, 2.75) is 12.5 Å². The molecule has 8 heteroatoms. The average Bonchev–Trinajstić information content (AvgIpc) is 3.18. The highest BCUT2D eigenvalue weighted by Crippen LogP contribution is 2.24. The van der Waals surface area contributed by atoms with Crippen LogP contribution in [0.3, 0.4) is 0 Å². The van der Waals surface area contributed by atoms with Gasteiger partial charge in [-0.2, -0.15) is 0 Å². The Bertz CT molecular complexity index is 870. The monoisotopic (exact) mass is 366 g/mol. The molecule has 0 bridgehead atoms. The summed E-state index contributed by atoms with van der Waals surface area (Å²) >= 11 is 1.48. The Balaban J connectivity index is 1.49. The summed E-state index contributed by atoms with van der Waals surface area (Å²) in [6.07, 6.45) is 8.81. The van der Waals surface area contributed by atoms with Gasteiger partial charge in [0.05, 0.1) is 24.4 Å². The van der Waals surface area contributed by atoms with Crippen LogP contribution < -0.4 is 5.32 Å². The van der Waals surface area contributed by atoms with Crippen LogP contribution >= 0.6 is 11.3 Å². The van der Waals surface area contributed by atoms with Gasteiger partial charge >= 0.3 is 0 Å². The Morgan fingerprint density at radius 2 is 2.19 bits per heavy atom. The van der Waals surface area contributed by atoms with Crippen LogP contribution in [-0.2, 0) is 11.2 Å². The third kappa shape index (κ3) is 3.61. The van der Waals surface area contributed by atoms with E-state index in [1.165, 1.54) is 11.3 Å². The van der Waals surface area contributed by atoms with Crippen LogP contribution in [0.15, 0.2) is 48.5 Å². The molecule has 1 atom stereocenters. The van der Waals surface area contributed by atoms with E-state index in [0.29, 0.717) is 6.54 Å². The maximum atomic E-state index is 12.9. The summed E-state index contributed by atoms with van der Waals surface area (Å²) < 4.78 is 0. The van der Waals surface area contributed by atoms with Crippen LogP contribution in [0.4, 0.5) is 0 Å². The molecule has 0 aliphatic carbocycles. The van der Waals surface area contributed by atoms with Crippen molar-refractivity contribution in [2.75, 3.05) is 19.6 Å².